The van der Waals surface area contributed by atoms with E-state index in [1.807, 2.05) is 5.32 Å². The van der Waals surface area contributed by atoms with Gasteiger partial charge in [-0.1, -0.05) is 12.8 Å². The van der Waals surface area contributed by atoms with E-state index in [2.05, 4.69) is 5.32 Å². The fourth-order valence-electron chi connectivity index (χ4n) is 1.64. The summed E-state index contributed by atoms with van der Waals surface area (Å²) < 4.78 is 4.80. The van der Waals surface area contributed by atoms with E-state index < -0.39 is 18.5 Å². The molecule has 16 heavy (non-hydrogen) atoms. The Bertz CT molecular complexity index is 285. The first-order valence-electron chi connectivity index (χ1n) is 5.31. The van der Waals surface area contributed by atoms with Crippen molar-refractivity contribution in [2.24, 2.45) is 5.92 Å². The van der Waals surface area contributed by atoms with Crippen LogP contribution >= 0.6 is 0 Å². The van der Waals surface area contributed by atoms with Crippen molar-refractivity contribution < 1.29 is 19.1 Å². The molecule has 1 rings (SSSR count). The van der Waals surface area contributed by atoms with Crippen LogP contribution in [-0.4, -0.2) is 31.6 Å². The summed E-state index contributed by atoms with van der Waals surface area (Å²) in [6.45, 7) is -0.400. The van der Waals surface area contributed by atoms with Gasteiger partial charge in [0.25, 0.3) is 5.91 Å². The molecule has 6 heteroatoms. The first-order chi connectivity index (χ1) is 7.63. The number of amides is 3. The van der Waals surface area contributed by atoms with Crippen LogP contribution in [0.1, 0.15) is 25.7 Å². The van der Waals surface area contributed by atoms with Gasteiger partial charge >= 0.3 is 12.0 Å². The molecule has 1 aliphatic rings. The zero-order valence-electron chi connectivity index (χ0n) is 9.25. The molecule has 0 aromatic carbocycles. The molecule has 1 saturated carbocycles. The number of urea groups is 1. The van der Waals surface area contributed by atoms with Crippen molar-refractivity contribution in [3.8, 4) is 0 Å². The predicted molar refractivity (Wildman–Crippen MR) is 55.5 cm³/mol. The highest BCUT2D eigenvalue weighted by molar-refractivity contribution is 5.95. The lowest BCUT2D eigenvalue weighted by Crippen LogP contribution is -2.40. The Kier molecular flexibility index (Phi) is 4.75. The number of ether oxygens (including phenoxy) is 1. The molecule has 0 aliphatic heterocycles. The molecule has 0 radical (unpaired) electrons. The Labute approximate surface area is 93.7 Å². The van der Waals surface area contributed by atoms with Gasteiger partial charge in [0.15, 0.2) is 6.61 Å². The zero-order valence-corrected chi connectivity index (χ0v) is 9.25. The third-order valence-electron chi connectivity index (χ3n) is 2.51. The Balaban J connectivity index is 2.20. The van der Waals surface area contributed by atoms with Crippen molar-refractivity contribution in [3.63, 3.8) is 0 Å². The SMILES string of the molecule is CNC(=O)NC(=O)COC(=O)C1CCCC1. The summed E-state index contributed by atoms with van der Waals surface area (Å²) in [7, 11) is 1.40. The van der Waals surface area contributed by atoms with Crippen LogP contribution in [0, 0.1) is 5.92 Å². The number of imide groups is 1. The normalized spacial score (nSPS) is 15.6. The molecule has 0 aromatic rings. The maximum absolute atomic E-state index is 11.4. The second-order valence-electron chi connectivity index (χ2n) is 3.72. The van der Waals surface area contributed by atoms with Crippen LogP contribution < -0.4 is 10.6 Å². The molecule has 0 bridgehead atoms. The molecular weight excluding hydrogens is 212 g/mol. The third kappa shape index (κ3) is 3.88. The highest BCUT2D eigenvalue weighted by Gasteiger charge is 2.24. The van der Waals surface area contributed by atoms with E-state index in [1.165, 1.54) is 7.05 Å². The van der Waals surface area contributed by atoms with Gasteiger partial charge < -0.3 is 10.1 Å². The lowest BCUT2D eigenvalue weighted by molar-refractivity contribution is -0.152. The number of hydrogen-bond acceptors (Lipinski definition) is 4. The Morgan fingerprint density at radius 1 is 1.25 bits per heavy atom. The van der Waals surface area contributed by atoms with Gasteiger partial charge in [-0.3, -0.25) is 14.9 Å². The van der Waals surface area contributed by atoms with Crippen molar-refractivity contribution >= 4 is 17.9 Å². The van der Waals surface area contributed by atoms with Gasteiger partial charge in [0, 0.05) is 7.05 Å². The fraction of sp³-hybridized carbons (Fsp3) is 0.700. The van der Waals surface area contributed by atoms with E-state index in [-0.39, 0.29) is 11.9 Å². The van der Waals surface area contributed by atoms with Crippen LogP contribution in [0.4, 0.5) is 4.79 Å². The predicted octanol–water partition coefficient (Wildman–Crippen LogP) is 0.175. The van der Waals surface area contributed by atoms with Gasteiger partial charge in [-0.15, -0.1) is 0 Å². The summed E-state index contributed by atoms with van der Waals surface area (Å²) in [5.41, 5.74) is 0. The second-order valence-corrected chi connectivity index (χ2v) is 3.72. The van der Waals surface area contributed by atoms with Crippen molar-refractivity contribution in [2.45, 2.75) is 25.7 Å². The van der Waals surface area contributed by atoms with E-state index >= 15 is 0 Å². The van der Waals surface area contributed by atoms with Gasteiger partial charge in [-0.05, 0) is 12.8 Å². The number of esters is 1. The lowest BCUT2D eigenvalue weighted by Gasteiger charge is -2.09. The minimum Gasteiger partial charge on any atom is -0.455 e. The Morgan fingerprint density at radius 3 is 2.44 bits per heavy atom. The highest BCUT2D eigenvalue weighted by Crippen LogP contribution is 2.25. The first-order valence-corrected chi connectivity index (χ1v) is 5.31. The molecule has 2 N–H and O–H groups in total. The van der Waals surface area contributed by atoms with E-state index in [1.54, 1.807) is 0 Å². The number of hydrogen-bond donors (Lipinski definition) is 2. The van der Waals surface area contributed by atoms with E-state index in [0.717, 1.165) is 25.7 Å². The average Bonchev–Trinajstić information content (AvgIpc) is 2.79. The summed E-state index contributed by atoms with van der Waals surface area (Å²) in [5.74, 6) is -1.04. The van der Waals surface area contributed by atoms with Crippen molar-refractivity contribution in [2.75, 3.05) is 13.7 Å². The van der Waals surface area contributed by atoms with E-state index in [4.69, 9.17) is 4.74 Å². The van der Waals surface area contributed by atoms with Crippen molar-refractivity contribution in [1.29, 1.82) is 0 Å². The molecule has 0 unspecified atom stereocenters. The molecule has 90 valence electrons. The van der Waals surface area contributed by atoms with Crippen LogP contribution in [-0.2, 0) is 14.3 Å². The quantitative estimate of drug-likeness (QED) is 0.675. The summed E-state index contributed by atoms with van der Waals surface area (Å²) >= 11 is 0. The number of carbonyl (C=O) groups is 3. The molecule has 0 saturated heterocycles. The molecule has 1 fully saturated rings. The molecule has 3 amide bonds. The van der Waals surface area contributed by atoms with Gasteiger partial charge in [-0.25, -0.2) is 4.79 Å². The monoisotopic (exact) mass is 228 g/mol. The summed E-state index contributed by atoms with van der Waals surface area (Å²) in [6, 6.07) is -0.609. The molecule has 0 spiro atoms. The van der Waals surface area contributed by atoms with Crippen molar-refractivity contribution in [1.82, 2.24) is 10.6 Å². The molecular formula is C10H16N2O4. The smallest absolute Gasteiger partial charge is 0.321 e. The average molecular weight is 228 g/mol. The van der Waals surface area contributed by atoms with Gasteiger partial charge in [0.1, 0.15) is 0 Å². The third-order valence-corrected chi connectivity index (χ3v) is 2.51. The van der Waals surface area contributed by atoms with Gasteiger partial charge in [0.2, 0.25) is 0 Å². The van der Waals surface area contributed by atoms with Crippen molar-refractivity contribution in [3.05, 3.63) is 0 Å². The minimum absolute atomic E-state index is 0.0761. The minimum atomic E-state index is -0.620. The van der Waals surface area contributed by atoms with Gasteiger partial charge in [0.05, 0.1) is 5.92 Å². The topological polar surface area (TPSA) is 84.5 Å². The number of carbonyl (C=O) groups excluding carboxylic acids is 3. The fourth-order valence-corrected chi connectivity index (χ4v) is 1.64. The van der Waals surface area contributed by atoms with E-state index in [9.17, 15) is 14.4 Å². The molecule has 6 nitrogen and oxygen atoms in total. The molecule has 0 heterocycles. The maximum Gasteiger partial charge on any atom is 0.321 e. The molecule has 0 aromatic heterocycles. The lowest BCUT2D eigenvalue weighted by atomic mass is 10.1. The highest BCUT2D eigenvalue weighted by atomic mass is 16.5. The maximum atomic E-state index is 11.4. The summed E-state index contributed by atoms with van der Waals surface area (Å²) in [4.78, 5) is 33.2. The standard InChI is InChI=1S/C10H16N2O4/c1-11-10(15)12-8(13)6-16-9(14)7-4-2-3-5-7/h7H,2-6H2,1H3,(H2,11,12,13,15). The van der Waals surface area contributed by atoms with Gasteiger partial charge in [-0.2, -0.15) is 0 Å². The zero-order chi connectivity index (χ0) is 12.0. The number of nitrogens with one attached hydrogen (secondary N) is 2. The first kappa shape index (κ1) is 12.5. The van der Waals surface area contributed by atoms with Crippen LogP contribution in [0.5, 0.6) is 0 Å². The second kappa shape index (κ2) is 6.09. The van der Waals surface area contributed by atoms with E-state index in [0.29, 0.717) is 0 Å². The molecule has 0 atom stereocenters. The summed E-state index contributed by atoms with van der Waals surface area (Å²) in [6.07, 6.45) is 3.72. The Hall–Kier alpha value is -1.59. The van der Waals surface area contributed by atoms with Crippen LogP contribution in [0.25, 0.3) is 0 Å². The van der Waals surface area contributed by atoms with Crippen LogP contribution in [0.2, 0.25) is 0 Å². The largest absolute Gasteiger partial charge is 0.455 e. The molecule has 1 aliphatic carbocycles. The number of rotatable bonds is 3. The van der Waals surface area contributed by atoms with Crippen LogP contribution in [0.3, 0.4) is 0 Å². The summed E-state index contributed by atoms with van der Waals surface area (Å²) in [5, 5.41) is 4.24. The Morgan fingerprint density at radius 2 is 1.88 bits per heavy atom. The van der Waals surface area contributed by atoms with Crippen LogP contribution in [0.15, 0.2) is 0 Å².